The van der Waals surface area contributed by atoms with Gasteiger partial charge in [-0.15, -0.1) is 0 Å². The van der Waals surface area contributed by atoms with Gasteiger partial charge in [0.05, 0.1) is 10.0 Å². The van der Waals surface area contributed by atoms with Crippen LogP contribution < -0.4 is 0 Å². The van der Waals surface area contributed by atoms with Crippen molar-refractivity contribution in [2.45, 2.75) is 9.79 Å². The summed E-state index contributed by atoms with van der Waals surface area (Å²) in [5.41, 5.74) is -0.171. The van der Waals surface area contributed by atoms with E-state index in [1.165, 1.54) is 24.3 Å². The minimum absolute atomic E-state index is 0.138. The highest BCUT2D eigenvalue weighted by Gasteiger charge is 2.17. The molecule has 6 heteroatoms. The number of aromatic carboxylic acids is 1. The Labute approximate surface area is 120 Å². The van der Waals surface area contributed by atoms with Crippen molar-refractivity contribution in [3.63, 3.8) is 0 Å². The van der Waals surface area contributed by atoms with Crippen molar-refractivity contribution >= 4 is 33.7 Å². The first-order valence-electron chi connectivity index (χ1n) is 5.14. The number of halogens is 3. The summed E-state index contributed by atoms with van der Waals surface area (Å²) in [5, 5.41) is 8.85. The van der Waals surface area contributed by atoms with E-state index in [2.05, 4.69) is 15.9 Å². The molecule has 1 N–H and O–H groups in total. The van der Waals surface area contributed by atoms with Gasteiger partial charge in [0.25, 0.3) is 0 Å². The number of hydrogen-bond acceptors (Lipinski definition) is 2. The third kappa shape index (κ3) is 2.96. The maximum atomic E-state index is 14.0. The first kappa shape index (κ1) is 14.0. The predicted octanol–water partition coefficient (Wildman–Crippen LogP) is 4.58. The van der Waals surface area contributed by atoms with Gasteiger partial charge >= 0.3 is 5.97 Å². The van der Waals surface area contributed by atoms with Gasteiger partial charge in [-0.05, 0) is 40.2 Å². The van der Waals surface area contributed by atoms with E-state index >= 15 is 0 Å². The van der Waals surface area contributed by atoms with Crippen molar-refractivity contribution < 1.29 is 18.7 Å². The number of carbonyl (C=O) groups is 1. The van der Waals surface area contributed by atoms with E-state index < -0.39 is 17.6 Å². The summed E-state index contributed by atoms with van der Waals surface area (Å²) in [4.78, 5) is 11.3. The second-order valence-corrected chi connectivity index (χ2v) is 5.45. The molecule has 0 saturated heterocycles. The van der Waals surface area contributed by atoms with Gasteiger partial charge in [0, 0.05) is 9.79 Å². The lowest BCUT2D eigenvalue weighted by atomic mass is 10.2. The third-order valence-corrected chi connectivity index (χ3v) is 4.20. The van der Waals surface area contributed by atoms with E-state index in [1.807, 2.05) is 0 Å². The van der Waals surface area contributed by atoms with Gasteiger partial charge in [-0.25, -0.2) is 13.6 Å². The fraction of sp³-hybridized carbons (Fsp3) is 0. The molecule has 0 aliphatic carbocycles. The molecule has 0 heterocycles. The fourth-order valence-corrected chi connectivity index (χ4v) is 2.95. The Bertz CT molecular complexity index is 647. The van der Waals surface area contributed by atoms with Gasteiger partial charge in [0.1, 0.15) is 5.82 Å². The predicted molar refractivity (Wildman–Crippen MR) is 71.6 cm³/mol. The van der Waals surface area contributed by atoms with Crippen LogP contribution in [0.15, 0.2) is 50.7 Å². The molecule has 2 nitrogen and oxygen atoms in total. The average Bonchev–Trinajstić information content (AvgIpc) is 2.37. The van der Waals surface area contributed by atoms with Crippen LogP contribution in [0.3, 0.4) is 0 Å². The van der Waals surface area contributed by atoms with Gasteiger partial charge in [-0.3, -0.25) is 0 Å². The molecule has 98 valence electrons. The average molecular weight is 345 g/mol. The minimum Gasteiger partial charge on any atom is -0.478 e. The summed E-state index contributed by atoms with van der Waals surface area (Å²) >= 11 is 3.80. The zero-order valence-corrected chi connectivity index (χ0v) is 11.8. The van der Waals surface area contributed by atoms with Crippen LogP contribution in [0.5, 0.6) is 0 Å². The molecule has 0 aromatic heterocycles. The summed E-state index contributed by atoms with van der Waals surface area (Å²) in [5.74, 6) is -2.40. The SMILES string of the molecule is O=C(O)c1ccc(Sc2ccccc2F)c(F)c1Br. The first-order valence-corrected chi connectivity index (χ1v) is 6.75. The molecule has 0 aliphatic rings. The number of rotatable bonds is 3. The number of hydrogen-bond donors (Lipinski definition) is 1. The van der Waals surface area contributed by atoms with Gasteiger partial charge < -0.3 is 5.11 Å². The molecule has 0 aliphatic heterocycles. The number of benzene rings is 2. The molecule has 0 bridgehead atoms. The van der Waals surface area contributed by atoms with E-state index in [9.17, 15) is 13.6 Å². The third-order valence-electron chi connectivity index (χ3n) is 2.33. The van der Waals surface area contributed by atoms with Crippen LogP contribution in [0.1, 0.15) is 10.4 Å². The fourth-order valence-electron chi connectivity index (χ4n) is 1.42. The summed E-state index contributed by atoms with van der Waals surface area (Å²) in [7, 11) is 0. The van der Waals surface area contributed by atoms with Crippen molar-refractivity contribution in [1.29, 1.82) is 0 Å². The molecule has 2 rings (SSSR count). The highest BCUT2D eigenvalue weighted by Crippen LogP contribution is 2.35. The summed E-state index contributed by atoms with van der Waals surface area (Å²) in [6, 6.07) is 8.59. The Morgan fingerprint density at radius 2 is 1.79 bits per heavy atom. The quantitative estimate of drug-likeness (QED) is 0.885. The largest absolute Gasteiger partial charge is 0.478 e. The molecule has 2 aromatic rings. The van der Waals surface area contributed by atoms with Crippen LogP contribution in [0.4, 0.5) is 8.78 Å². The Morgan fingerprint density at radius 3 is 2.42 bits per heavy atom. The lowest BCUT2D eigenvalue weighted by Crippen LogP contribution is -2.00. The van der Waals surface area contributed by atoms with E-state index in [-0.39, 0.29) is 19.8 Å². The smallest absolute Gasteiger partial charge is 0.336 e. The molecular formula is C13H7BrF2O2S. The molecule has 0 amide bonds. The van der Waals surface area contributed by atoms with E-state index in [1.54, 1.807) is 12.1 Å². The zero-order chi connectivity index (χ0) is 14.0. The van der Waals surface area contributed by atoms with Gasteiger partial charge in [0.15, 0.2) is 5.82 Å². The Balaban J connectivity index is 2.40. The standard InChI is InChI=1S/C13H7BrF2O2S/c14-11-7(13(17)18)5-6-10(12(11)16)19-9-4-2-1-3-8(9)15/h1-6H,(H,17,18). The maximum Gasteiger partial charge on any atom is 0.336 e. The molecule has 0 atom stereocenters. The Hall–Kier alpha value is -1.40. The molecule has 0 spiro atoms. The van der Waals surface area contributed by atoms with Crippen LogP contribution in [0.25, 0.3) is 0 Å². The van der Waals surface area contributed by atoms with Crippen LogP contribution in [0, 0.1) is 11.6 Å². The first-order chi connectivity index (χ1) is 9.00. The molecule has 19 heavy (non-hydrogen) atoms. The topological polar surface area (TPSA) is 37.3 Å². The second-order valence-electron chi connectivity index (χ2n) is 3.58. The van der Waals surface area contributed by atoms with Crippen molar-refractivity contribution in [1.82, 2.24) is 0 Å². The molecule has 0 saturated carbocycles. The van der Waals surface area contributed by atoms with Crippen LogP contribution in [0.2, 0.25) is 0 Å². The molecular weight excluding hydrogens is 338 g/mol. The summed E-state index contributed by atoms with van der Waals surface area (Å²) in [6.45, 7) is 0. The Morgan fingerprint density at radius 1 is 1.11 bits per heavy atom. The van der Waals surface area contributed by atoms with Crippen molar-refractivity contribution in [2.75, 3.05) is 0 Å². The van der Waals surface area contributed by atoms with Crippen LogP contribution in [-0.2, 0) is 0 Å². The lowest BCUT2D eigenvalue weighted by molar-refractivity contribution is 0.0695. The van der Waals surface area contributed by atoms with Gasteiger partial charge in [0.2, 0.25) is 0 Å². The highest BCUT2D eigenvalue weighted by atomic mass is 79.9. The normalized spacial score (nSPS) is 10.5. The lowest BCUT2D eigenvalue weighted by Gasteiger charge is -2.07. The monoisotopic (exact) mass is 344 g/mol. The minimum atomic E-state index is -1.23. The van der Waals surface area contributed by atoms with Crippen molar-refractivity contribution in [2.24, 2.45) is 0 Å². The summed E-state index contributed by atoms with van der Waals surface area (Å²) < 4.78 is 27.3. The van der Waals surface area contributed by atoms with Crippen molar-refractivity contribution in [3.05, 3.63) is 58.1 Å². The number of carboxylic acids is 1. The molecule has 0 radical (unpaired) electrons. The molecule has 2 aromatic carbocycles. The molecule has 0 fully saturated rings. The number of carboxylic acid groups (broad SMARTS) is 1. The van der Waals surface area contributed by atoms with E-state index in [4.69, 9.17) is 5.11 Å². The van der Waals surface area contributed by atoms with Gasteiger partial charge in [-0.2, -0.15) is 0 Å². The van der Waals surface area contributed by atoms with Crippen molar-refractivity contribution in [3.8, 4) is 0 Å². The highest BCUT2D eigenvalue weighted by molar-refractivity contribution is 9.10. The summed E-state index contributed by atoms with van der Waals surface area (Å²) in [6.07, 6.45) is 0. The Kier molecular flexibility index (Phi) is 4.21. The van der Waals surface area contributed by atoms with Crippen LogP contribution in [-0.4, -0.2) is 11.1 Å². The van der Waals surface area contributed by atoms with Crippen LogP contribution >= 0.6 is 27.7 Å². The second kappa shape index (κ2) is 5.71. The zero-order valence-electron chi connectivity index (χ0n) is 9.36. The molecule has 0 unspecified atom stereocenters. The maximum absolute atomic E-state index is 14.0. The van der Waals surface area contributed by atoms with E-state index in [0.717, 1.165) is 11.8 Å². The van der Waals surface area contributed by atoms with E-state index in [0.29, 0.717) is 0 Å². The van der Waals surface area contributed by atoms with Gasteiger partial charge in [-0.1, -0.05) is 23.9 Å².